The van der Waals surface area contributed by atoms with E-state index in [1.165, 1.54) is 23.9 Å². The van der Waals surface area contributed by atoms with Crippen LogP contribution in [0.5, 0.6) is 0 Å². The Bertz CT molecular complexity index is 805. The van der Waals surface area contributed by atoms with E-state index < -0.39 is 0 Å². The van der Waals surface area contributed by atoms with Gasteiger partial charge in [-0.3, -0.25) is 4.79 Å². The van der Waals surface area contributed by atoms with Crippen LogP contribution in [-0.4, -0.2) is 35.6 Å². The predicted octanol–water partition coefficient (Wildman–Crippen LogP) is 3.15. The van der Waals surface area contributed by atoms with Gasteiger partial charge in [0.2, 0.25) is 0 Å². The highest BCUT2D eigenvalue weighted by Gasteiger charge is 2.21. The number of aldehydes is 1. The molecule has 0 amide bonds. The van der Waals surface area contributed by atoms with Crippen molar-refractivity contribution >= 4 is 23.9 Å². The van der Waals surface area contributed by atoms with Crippen LogP contribution in [-0.2, 0) is 0 Å². The van der Waals surface area contributed by atoms with Crippen molar-refractivity contribution < 1.29 is 9.18 Å². The summed E-state index contributed by atoms with van der Waals surface area (Å²) >= 11 is 1.42. The van der Waals surface area contributed by atoms with Gasteiger partial charge in [-0.05, 0) is 49.3 Å². The standard InChI is InChI=1S/C18H16FN3OS/c1-24-18-20-16(9-6-13-4-7-14(19)8-5-13)15(12-23)17(21-18)22-10-2-3-11-22/h4-5,7-8,12H,2-3,10-11H2,1H3. The van der Waals surface area contributed by atoms with Crippen molar-refractivity contribution in [1.29, 1.82) is 0 Å². The molecule has 1 fully saturated rings. The molecule has 2 heterocycles. The summed E-state index contributed by atoms with van der Waals surface area (Å²) in [4.78, 5) is 22.6. The Hall–Kier alpha value is -2.39. The number of rotatable bonds is 3. The largest absolute Gasteiger partial charge is 0.356 e. The number of hydrogen-bond donors (Lipinski definition) is 0. The maximum atomic E-state index is 13.0. The van der Waals surface area contributed by atoms with Crippen molar-refractivity contribution in [3.8, 4) is 11.8 Å². The van der Waals surface area contributed by atoms with Gasteiger partial charge in [-0.15, -0.1) is 0 Å². The predicted molar refractivity (Wildman–Crippen MR) is 93.0 cm³/mol. The van der Waals surface area contributed by atoms with E-state index in [2.05, 4.69) is 26.7 Å². The molecule has 1 aliphatic rings. The van der Waals surface area contributed by atoms with E-state index in [0.717, 1.165) is 32.2 Å². The first-order chi connectivity index (χ1) is 11.7. The zero-order chi connectivity index (χ0) is 16.9. The van der Waals surface area contributed by atoms with Crippen molar-refractivity contribution in [1.82, 2.24) is 9.97 Å². The molecule has 0 bridgehead atoms. The second-order valence-corrected chi connectivity index (χ2v) is 6.14. The first-order valence-corrected chi connectivity index (χ1v) is 8.87. The van der Waals surface area contributed by atoms with Crippen LogP contribution in [0.2, 0.25) is 0 Å². The van der Waals surface area contributed by atoms with Gasteiger partial charge in [0.1, 0.15) is 17.3 Å². The number of carbonyl (C=O) groups excluding carboxylic acids is 1. The van der Waals surface area contributed by atoms with Crippen LogP contribution in [0, 0.1) is 17.7 Å². The van der Waals surface area contributed by atoms with Crippen molar-refractivity contribution in [2.24, 2.45) is 0 Å². The van der Waals surface area contributed by atoms with Crippen molar-refractivity contribution in [3.05, 3.63) is 46.9 Å². The van der Waals surface area contributed by atoms with Gasteiger partial charge in [0.05, 0.1) is 5.56 Å². The molecule has 0 atom stereocenters. The summed E-state index contributed by atoms with van der Waals surface area (Å²) in [6.45, 7) is 1.77. The van der Waals surface area contributed by atoms with Crippen LogP contribution in [0.15, 0.2) is 29.4 Å². The number of carbonyl (C=O) groups is 1. The van der Waals surface area contributed by atoms with E-state index in [1.54, 1.807) is 12.1 Å². The maximum Gasteiger partial charge on any atom is 0.190 e. The Morgan fingerprint density at radius 3 is 2.50 bits per heavy atom. The normalized spacial score (nSPS) is 13.5. The Morgan fingerprint density at radius 2 is 1.88 bits per heavy atom. The summed E-state index contributed by atoms with van der Waals surface area (Å²) in [5, 5.41) is 0.589. The van der Waals surface area contributed by atoms with E-state index in [-0.39, 0.29) is 5.82 Å². The van der Waals surface area contributed by atoms with Gasteiger partial charge in [-0.25, -0.2) is 14.4 Å². The molecular weight excluding hydrogens is 325 g/mol. The lowest BCUT2D eigenvalue weighted by molar-refractivity contribution is 0.112. The smallest absolute Gasteiger partial charge is 0.190 e. The molecule has 3 rings (SSSR count). The fourth-order valence-corrected chi connectivity index (χ4v) is 2.93. The second-order valence-electron chi connectivity index (χ2n) is 5.37. The molecule has 122 valence electrons. The van der Waals surface area contributed by atoms with Crippen molar-refractivity contribution in [2.75, 3.05) is 24.2 Å². The van der Waals surface area contributed by atoms with Gasteiger partial charge in [0, 0.05) is 18.7 Å². The van der Waals surface area contributed by atoms with Gasteiger partial charge < -0.3 is 4.90 Å². The fourth-order valence-electron chi connectivity index (χ4n) is 2.57. The second kappa shape index (κ2) is 7.45. The number of benzene rings is 1. The Balaban J connectivity index is 2.04. The highest BCUT2D eigenvalue weighted by Crippen LogP contribution is 2.25. The summed E-state index contributed by atoms with van der Waals surface area (Å²) in [7, 11) is 0. The monoisotopic (exact) mass is 341 g/mol. The van der Waals surface area contributed by atoms with Gasteiger partial charge in [0.25, 0.3) is 0 Å². The van der Waals surface area contributed by atoms with Gasteiger partial charge in [-0.2, -0.15) is 0 Å². The molecule has 6 heteroatoms. The molecule has 0 radical (unpaired) electrons. The molecule has 1 aliphatic heterocycles. The molecule has 24 heavy (non-hydrogen) atoms. The zero-order valence-corrected chi connectivity index (χ0v) is 14.1. The van der Waals surface area contributed by atoms with Crippen LogP contribution in [0.4, 0.5) is 10.2 Å². The van der Waals surface area contributed by atoms with E-state index in [1.807, 2.05) is 6.26 Å². The van der Waals surface area contributed by atoms with Crippen LogP contribution in [0.25, 0.3) is 0 Å². The molecule has 1 aromatic carbocycles. The maximum absolute atomic E-state index is 13.0. The van der Waals surface area contributed by atoms with Crippen molar-refractivity contribution in [3.63, 3.8) is 0 Å². The van der Waals surface area contributed by atoms with Gasteiger partial charge in [-0.1, -0.05) is 17.7 Å². The van der Waals surface area contributed by atoms with E-state index >= 15 is 0 Å². The van der Waals surface area contributed by atoms with Crippen LogP contribution in [0.1, 0.15) is 34.5 Å². The summed E-state index contributed by atoms with van der Waals surface area (Å²) in [5.74, 6) is 6.23. The number of anilines is 1. The summed E-state index contributed by atoms with van der Waals surface area (Å²) < 4.78 is 13.0. The lowest BCUT2D eigenvalue weighted by Crippen LogP contribution is -2.22. The molecule has 1 aromatic heterocycles. The zero-order valence-electron chi connectivity index (χ0n) is 13.3. The highest BCUT2D eigenvalue weighted by atomic mass is 32.2. The van der Waals surface area contributed by atoms with Crippen LogP contribution in [0.3, 0.4) is 0 Å². The average molecular weight is 341 g/mol. The molecule has 0 unspecified atom stereocenters. The fraction of sp³-hybridized carbons (Fsp3) is 0.278. The number of hydrogen-bond acceptors (Lipinski definition) is 5. The average Bonchev–Trinajstić information content (AvgIpc) is 3.14. The van der Waals surface area contributed by atoms with Gasteiger partial charge in [0.15, 0.2) is 11.4 Å². The Labute approximate surface area is 144 Å². The third kappa shape index (κ3) is 3.57. The van der Waals surface area contributed by atoms with Gasteiger partial charge >= 0.3 is 0 Å². The number of halogens is 1. The lowest BCUT2D eigenvalue weighted by Gasteiger charge is -2.19. The lowest BCUT2D eigenvalue weighted by atomic mass is 10.2. The highest BCUT2D eigenvalue weighted by molar-refractivity contribution is 7.98. The molecule has 0 spiro atoms. The van der Waals surface area contributed by atoms with E-state index in [4.69, 9.17) is 0 Å². The number of thioether (sulfide) groups is 1. The molecule has 1 saturated heterocycles. The summed E-state index contributed by atoms with van der Waals surface area (Å²) in [6.07, 6.45) is 4.84. The summed E-state index contributed by atoms with van der Waals surface area (Å²) in [5.41, 5.74) is 1.50. The van der Waals surface area contributed by atoms with Crippen LogP contribution < -0.4 is 4.90 Å². The molecule has 0 aliphatic carbocycles. The molecule has 4 nitrogen and oxygen atoms in total. The molecule has 0 saturated carbocycles. The minimum absolute atomic E-state index is 0.308. The molecule has 0 N–H and O–H groups in total. The first-order valence-electron chi connectivity index (χ1n) is 7.65. The third-order valence-corrected chi connectivity index (χ3v) is 4.33. The first kappa shape index (κ1) is 16.5. The van der Waals surface area contributed by atoms with E-state index in [0.29, 0.717) is 27.8 Å². The third-order valence-electron chi connectivity index (χ3n) is 3.78. The Morgan fingerprint density at radius 1 is 1.17 bits per heavy atom. The summed E-state index contributed by atoms with van der Waals surface area (Å²) in [6, 6.07) is 5.91. The van der Waals surface area contributed by atoms with E-state index in [9.17, 15) is 9.18 Å². The van der Waals surface area contributed by atoms with Crippen LogP contribution >= 0.6 is 11.8 Å². The number of nitrogens with zero attached hydrogens (tertiary/aromatic N) is 3. The quantitative estimate of drug-likeness (QED) is 0.371. The van der Waals surface area contributed by atoms with Crippen molar-refractivity contribution in [2.45, 2.75) is 18.0 Å². The molecular formula is C18H16FN3OS. The minimum Gasteiger partial charge on any atom is -0.356 e. The molecule has 2 aromatic rings. The Kier molecular flexibility index (Phi) is 5.11. The SMILES string of the molecule is CSc1nc(C#Cc2ccc(F)cc2)c(C=O)c(N2CCCC2)n1. The topological polar surface area (TPSA) is 46.1 Å². The number of aromatic nitrogens is 2. The minimum atomic E-state index is -0.308.